The van der Waals surface area contributed by atoms with E-state index >= 15 is 0 Å². The molecule has 0 aliphatic heterocycles. The Morgan fingerprint density at radius 3 is 2.37 bits per heavy atom. The van der Waals surface area contributed by atoms with Crippen LogP contribution in [0.4, 0.5) is 0 Å². The van der Waals surface area contributed by atoms with E-state index in [2.05, 4.69) is 38.6 Å². The molecule has 0 aliphatic carbocycles. The number of fused-ring (bicyclic) bond motifs is 3. The first-order valence-electron chi connectivity index (χ1n) is 8.87. The van der Waals surface area contributed by atoms with Gasteiger partial charge in [0.15, 0.2) is 0 Å². The van der Waals surface area contributed by atoms with Crippen molar-refractivity contribution in [2.75, 3.05) is 0 Å². The molecule has 0 amide bonds. The van der Waals surface area contributed by atoms with Crippen molar-refractivity contribution in [2.45, 2.75) is 6.61 Å². The first kappa shape index (κ1) is 15.6. The van der Waals surface area contributed by atoms with Crippen molar-refractivity contribution < 1.29 is 4.74 Å². The summed E-state index contributed by atoms with van der Waals surface area (Å²) >= 11 is 0. The number of nitrogens with zero attached hydrogens (tertiary/aromatic N) is 3. The first-order valence-corrected chi connectivity index (χ1v) is 8.87. The molecule has 3 heterocycles. The van der Waals surface area contributed by atoms with Crippen LogP contribution in [-0.2, 0) is 6.61 Å². The fourth-order valence-corrected chi connectivity index (χ4v) is 3.35. The number of ether oxygens (including phenoxy) is 1. The van der Waals surface area contributed by atoms with Crippen molar-refractivity contribution in [1.82, 2.24) is 14.4 Å². The third kappa shape index (κ3) is 2.81. The van der Waals surface area contributed by atoms with Gasteiger partial charge in [-0.3, -0.25) is 9.38 Å². The first-order chi connectivity index (χ1) is 13.4. The van der Waals surface area contributed by atoms with Gasteiger partial charge in [-0.05, 0) is 12.1 Å². The van der Waals surface area contributed by atoms with Crippen LogP contribution in [0.1, 0.15) is 5.69 Å². The predicted molar refractivity (Wildman–Crippen MR) is 107 cm³/mol. The van der Waals surface area contributed by atoms with Gasteiger partial charge in [0.2, 0.25) is 0 Å². The molecule has 0 aliphatic rings. The number of rotatable bonds is 4. The molecular formula is C23H17N3O. The molecule has 0 saturated heterocycles. The summed E-state index contributed by atoms with van der Waals surface area (Å²) in [5.74, 6) is 1.72. The van der Waals surface area contributed by atoms with Crippen LogP contribution in [0.5, 0.6) is 5.75 Å². The molecule has 0 fully saturated rings. The standard InChI is InChI=1S/C23H17N3O/c1-2-8-17(9-3-1)23-25-14-21-19-11-4-5-12-20(19)22(15-26(21)23)27-16-18-10-6-7-13-24-18/h1-15H,16H2. The Bertz CT molecular complexity index is 1210. The lowest BCUT2D eigenvalue weighted by Gasteiger charge is -2.12. The van der Waals surface area contributed by atoms with Gasteiger partial charge in [-0.1, -0.05) is 60.7 Å². The molecule has 0 atom stereocenters. The van der Waals surface area contributed by atoms with E-state index in [1.54, 1.807) is 6.20 Å². The van der Waals surface area contributed by atoms with Gasteiger partial charge in [0.05, 0.1) is 23.6 Å². The summed E-state index contributed by atoms with van der Waals surface area (Å²) in [6.07, 6.45) is 5.73. The van der Waals surface area contributed by atoms with Crippen molar-refractivity contribution in [2.24, 2.45) is 0 Å². The van der Waals surface area contributed by atoms with Crippen LogP contribution in [0.2, 0.25) is 0 Å². The normalized spacial score (nSPS) is 11.1. The summed E-state index contributed by atoms with van der Waals surface area (Å²) < 4.78 is 8.27. The second-order valence-electron chi connectivity index (χ2n) is 6.35. The zero-order valence-electron chi connectivity index (χ0n) is 14.6. The van der Waals surface area contributed by atoms with E-state index in [-0.39, 0.29) is 0 Å². The van der Waals surface area contributed by atoms with Gasteiger partial charge < -0.3 is 4.74 Å². The molecule has 0 bridgehead atoms. The summed E-state index contributed by atoms with van der Waals surface area (Å²) in [6, 6.07) is 24.3. The van der Waals surface area contributed by atoms with Gasteiger partial charge >= 0.3 is 0 Å². The molecule has 130 valence electrons. The van der Waals surface area contributed by atoms with Crippen molar-refractivity contribution in [3.8, 4) is 17.1 Å². The Balaban J connectivity index is 1.66. The molecule has 4 heteroatoms. The summed E-state index contributed by atoms with van der Waals surface area (Å²) in [5.41, 5.74) is 3.04. The maximum atomic E-state index is 6.16. The highest BCUT2D eigenvalue weighted by Crippen LogP contribution is 2.32. The molecule has 27 heavy (non-hydrogen) atoms. The highest BCUT2D eigenvalue weighted by molar-refractivity contribution is 6.00. The molecule has 5 rings (SSSR count). The molecule has 4 nitrogen and oxygen atoms in total. The number of hydrogen-bond acceptors (Lipinski definition) is 3. The van der Waals surface area contributed by atoms with Crippen LogP contribution in [0.25, 0.3) is 27.7 Å². The Labute approximate surface area is 156 Å². The Morgan fingerprint density at radius 2 is 1.56 bits per heavy atom. The van der Waals surface area contributed by atoms with E-state index < -0.39 is 0 Å². The van der Waals surface area contributed by atoms with Crippen LogP contribution in [-0.4, -0.2) is 14.4 Å². The van der Waals surface area contributed by atoms with Gasteiger partial charge in [-0.2, -0.15) is 0 Å². The van der Waals surface area contributed by atoms with E-state index in [1.807, 2.05) is 60.9 Å². The third-order valence-corrected chi connectivity index (χ3v) is 4.65. The third-order valence-electron chi connectivity index (χ3n) is 4.65. The van der Waals surface area contributed by atoms with Crippen LogP contribution in [0.15, 0.2) is 91.4 Å². The predicted octanol–water partition coefficient (Wildman–Crippen LogP) is 5.13. The van der Waals surface area contributed by atoms with E-state index in [1.165, 1.54) is 0 Å². The SMILES string of the molecule is c1ccc(-c2ncc3c4ccccc4c(OCc4ccccn4)cn23)cc1. The van der Waals surface area contributed by atoms with E-state index in [0.29, 0.717) is 6.61 Å². The van der Waals surface area contributed by atoms with Gasteiger partial charge in [0.25, 0.3) is 0 Å². The van der Waals surface area contributed by atoms with Crippen LogP contribution in [0.3, 0.4) is 0 Å². The quantitative estimate of drug-likeness (QED) is 0.451. The second kappa shape index (κ2) is 6.57. The monoisotopic (exact) mass is 351 g/mol. The van der Waals surface area contributed by atoms with Crippen molar-refractivity contribution in [3.05, 3.63) is 97.1 Å². The largest absolute Gasteiger partial charge is 0.485 e. The van der Waals surface area contributed by atoms with E-state index in [4.69, 9.17) is 4.74 Å². The summed E-state index contributed by atoms with van der Waals surface area (Å²) in [4.78, 5) is 9.02. The fourth-order valence-electron chi connectivity index (χ4n) is 3.35. The Morgan fingerprint density at radius 1 is 0.778 bits per heavy atom. The van der Waals surface area contributed by atoms with Gasteiger partial charge in [-0.15, -0.1) is 0 Å². The summed E-state index contributed by atoms with van der Waals surface area (Å²) in [7, 11) is 0. The molecule has 0 unspecified atom stereocenters. The zero-order valence-corrected chi connectivity index (χ0v) is 14.6. The van der Waals surface area contributed by atoms with Gasteiger partial charge in [0, 0.05) is 22.5 Å². The lowest BCUT2D eigenvalue weighted by atomic mass is 10.1. The number of hydrogen-bond donors (Lipinski definition) is 0. The van der Waals surface area contributed by atoms with Gasteiger partial charge in [0.1, 0.15) is 18.2 Å². The lowest BCUT2D eigenvalue weighted by molar-refractivity contribution is 0.303. The Kier molecular flexibility index (Phi) is 3.79. The molecule has 5 aromatic rings. The summed E-state index contributed by atoms with van der Waals surface area (Å²) in [6.45, 7) is 0.422. The minimum atomic E-state index is 0.422. The number of benzene rings is 2. The average Bonchev–Trinajstić information content (AvgIpc) is 3.17. The van der Waals surface area contributed by atoms with E-state index in [0.717, 1.165) is 39.1 Å². The molecule has 0 N–H and O–H groups in total. The van der Waals surface area contributed by atoms with Crippen LogP contribution in [0, 0.1) is 0 Å². The molecular weight excluding hydrogens is 334 g/mol. The lowest BCUT2D eigenvalue weighted by Crippen LogP contribution is -2.00. The highest BCUT2D eigenvalue weighted by Gasteiger charge is 2.13. The maximum Gasteiger partial charge on any atom is 0.144 e. The van der Waals surface area contributed by atoms with Crippen molar-refractivity contribution in [1.29, 1.82) is 0 Å². The van der Waals surface area contributed by atoms with Crippen molar-refractivity contribution in [3.63, 3.8) is 0 Å². The van der Waals surface area contributed by atoms with Crippen LogP contribution >= 0.6 is 0 Å². The van der Waals surface area contributed by atoms with Crippen molar-refractivity contribution >= 4 is 16.3 Å². The second-order valence-corrected chi connectivity index (χ2v) is 6.35. The van der Waals surface area contributed by atoms with Gasteiger partial charge in [-0.25, -0.2) is 4.98 Å². The minimum Gasteiger partial charge on any atom is -0.485 e. The Hall–Kier alpha value is -3.66. The maximum absolute atomic E-state index is 6.16. The number of pyridine rings is 2. The highest BCUT2D eigenvalue weighted by atomic mass is 16.5. The zero-order chi connectivity index (χ0) is 18.1. The molecule has 0 saturated carbocycles. The fraction of sp³-hybridized carbons (Fsp3) is 0.0435. The number of imidazole rings is 1. The molecule has 0 spiro atoms. The molecule has 0 radical (unpaired) electrons. The summed E-state index contributed by atoms with van der Waals surface area (Å²) in [5, 5.41) is 2.19. The molecule has 3 aromatic heterocycles. The number of aromatic nitrogens is 3. The molecule has 2 aromatic carbocycles. The minimum absolute atomic E-state index is 0.422. The van der Waals surface area contributed by atoms with E-state index in [9.17, 15) is 0 Å². The smallest absolute Gasteiger partial charge is 0.144 e. The topological polar surface area (TPSA) is 39.4 Å². The van der Waals surface area contributed by atoms with Crippen LogP contribution < -0.4 is 4.74 Å². The average molecular weight is 351 g/mol.